The Bertz CT molecular complexity index is 854. The summed E-state index contributed by atoms with van der Waals surface area (Å²) < 4.78 is 0. The Morgan fingerprint density at radius 2 is 2.23 bits per heavy atom. The molecule has 5 nitrogen and oxygen atoms in total. The molecule has 0 saturated carbocycles. The Labute approximate surface area is 132 Å². The highest BCUT2D eigenvalue weighted by Gasteiger charge is 2.24. The lowest BCUT2D eigenvalue weighted by Gasteiger charge is -2.09. The highest BCUT2D eigenvalue weighted by molar-refractivity contribution is 6.31. The Kier molecular flexibility index (Phi) is 3.74. The second-order valence-corrected chi connectivity index (χ2v) is 5.75. The molecule has 0 saturated heterocycles. The first-order chi connectivity index (χ1) is 10.5. The van der Waals surface area contributed by atoms with E-state index in [0.29, 0.717) is 35.7 Å². The van der Waals surface area contributed by atoms with E-state index in [1.165, 1.54) is 5.01 Å². The topological polar surface area (TPSA) is 65.5 Å². The molecule has 1 aromatic carbocycles. The molecule has 1 aliphatic rings. The second-order valence-electron chi connectivity index (χ2n) is 5.31. The lowest BCUT2D eigenvalue weighted by Crippen LogP contribution is -2.22. The number of hydrogen-bond donors (Lipinski definition) is 1. The number of nitrogens with zero attached hydrogens (tertiary/aromatic N) is 2. The molecule has 0 bridgehead atoms. The minimum atomic E-state index is -0.183. The van der Waals surface area contributed by atoms with E-state index in [-0.39, 0.29) is 11.5 Å². The molecule has 1 N–H and O–H groups in total. The zero-order valence-corrected chi connectivity index (χ0v) is 13.2. The number of fused-ring (bicyclic) bond motifs is 1. The number of aryl methyl sites for hydroxylation is 1. The third-order valence-corrected chi connectivity index (χ3v) is 4.15. The number of rotatable bonds is 2. The summed E-state index contributed by atoms with van der Waals surface area (Å²) in [5.41, 5.74) is 2.60. The van der Waals surface area contributed by atoms with E-state index in [1.54, 1.807) is 19.1 Å². The Morgan fingerprint density at radius 3 is 2.95 bits per heavy atom. The number of benzene rings is 1. The van der Waals surface area contributed by atoms with Crippen LogP contribution in [-0.4, -0.2) is 28.2 Å². The zero-order chi connectivity index (χ0) is 15.9. The van der Waals surface area contributed by atoms with Gasteiger partial charge in [0.1, 0.15) is 0 Å². The average Bonchev–Trinajstić information content (AvgIpc) is 2.97. The van der Waals surface area contributed by atoms with Crippen LogP contribution in [0.25, 0.3) is 10.9 Å². The molecule has 0 atom stereocenters. The predicted molar refractivity (Wildman–Crippen MR) is 87.5 cm³/mol. The number of aromatic amines is 1. The monoisotopic (exact) mass is 317 g/mol. The first-order valence-corrected chi connectivity index (χ1v) is 7.59. The van der Waals surface area contributed by atoms with Crippen LogP contribution < -0.4 is 5.56 Å². The van der Waals surface area contributed by atoms with Crippen molar-refractivity contribution in [3.8, 4) is 0 Å². The summed E-state index contributed by atoms with van der Waals surface area (Å²) in [6, 6.07) is 5.36. The van der Waals surface area contributed by atoms with E-state index < -0.39 is 0 Å². The van der Waals surface area contributed by atoms with Gasteiger partial charge in [-0.3, -0.25) is 9.59 Å². The molecule has 22 heavy (non-hydrogen) atoms. The van der Waals surface area contributed by atoms with Gasteiger partial charge in [0.2, 0.25) is 5.91 Å². The molecule has 2 aromatic rings. The van der Waals surface area contributed by atoms with Gasteiger partial charge in [-0.2, -0.15) is 5.10 Å². The molecule has 0 spiro atoms. The Hall–Kier alpha value is -2.14. The Morgan fingerprint density at radius 1 is 1.45 bits per heavy atom. The van der Waals surface area contributed by atoms with Crippen molar-refractivity contribution < 1.29 is 4.79 Å². The number of aromatic nitrogens is 1. The molecule has 0 aliphatic carbocycles. The van der Waals surface area contributed by atoms with E-state index >= 15 is 0 Å². The number of hydrazone groups is 1. The van der Waals surface area contributed by atoms with Gasteiger partial charge in [-0.1, -0.05) is 18.5 Å². The molecule has 6 heteroatoms. The van der Waals surface area contributed by atoms with Crippen molar-refractivity contribution in [3.05, 3.63) is 44.7 Å². The van der Waals surface area contributed by atoms with Gasteiger partial charge in [0, 0.05) is 28.8 Å². The maximum atomic E-state index is 12.4. The van der Waals surface area contributed by atoms with Crippen LogP contribution in [0.2, 0.25) is 5.02 Å². The van der Waals surface area contributed by atoms with Gasteiger partial charge < -0.3 is 4.98 Å². The average molecular weight is 318 g/mol. The first-order valence-electron chi connectivity index (χ1n) is 7.21. The molecule has 1 aliphatic heterocycles. The summed E-state index contributed by atoms with van der Waals surface area (Å²) in [5, 5.41) is 7.28. The summed E-state index contributed by atoms with van der Waals surface area (Å²) in [7, 11) is 0. The maximum absolute atomic E-state index is 12.4. The van der Waals surface area contributed by atoms with E-state index in [0.717, 1.165) is 16.5 Å². The van der Waals surface area contributed by atoms with Crippen molar-refractivity contribution in [3.63, 3.8) is 0 Å². The molecule has 114 valence electrons. The SMILES string of the molecule is CCC(=O)N1CCC(c2c(C)c3cc(Cl)ccc3[nH]c2=O)=N1. The van der Waals surface area contributed by atoms with Crippen LogP contribution in [0.15, 0.2) is 28.1 Å². The van der Waals surface area contributed by atoms with Crippen LogP contribution in [0.3, 0.4) is 0 Å². The minimum Gasteiger partial charge on any atom is -0.321 e. The van der Waals surface area contributed by atoms with Crippen LogP contribution in [-0.2, 0) is 4.79 Å². The molecule has 3 rings (SSSR count). The summed E-state index contributed by atoms with van der Waals surface area (Å²) in [5.74, 6) is -0.0343. The minimum absolute atomic E-state index is 0.0343. The normalized spacial score (nSPS) is 14.5. The number of pyridine rings is 1. The van der Waals surface area contributed by atoms with Gasteiger partial charge in [-0.05, 0) is 30.7 Å². The van der Waals surface area contributed by atoms with E-state index in [2.05, 4.69) is 10.1 Å². The lowest BCUT2D eigenvalue weighted by molar-refractivity contribution is -0.130. The summed E-state index contributed by atoms with van der Waals surface area (Å²) >= 11 is 6.05. The van der Waals surface area contributed by atoms with Crippen molar-refractivity contribution in [1.29, 1.82) is 0 Å². The highest BCUT2D eigenvalue weighted by Crippen LogP contribution is 2.24. The number of carbonyl (C=O) groups excluding carboxylic acids is 1. The van der Waals surface area contributed by atoms with Crippen molar-refractivity contribution in [2.45, 2.75) is 26.7 Å². The van der Waals surface area contributed by atoms with Gasteiger partial charge >= 0.3 is 0 Å². The van der Waals surface area contributed by atoms with Gasteiger partial charge in [0.25, 0.3) is 5.56 Å². The smallest absolute Gasteiger partial charge is 0.257 e. The third kappa shape index (κ3) is 2.41. The molecule has 0 radical (unpaired) electrons. The standard InChI is InChI=1S/C16H16ClN3O2/c1-3-14(21)20-7-6-13(19-20)15-9(2)11-8-10(17)4-5-12(11)18-16(15)22/h4-5,8H,3,6-7H2,1-2H3,(H,18,22). The summed E-state index contributed by atoms with van der Waals surface area (Å²) in [6.45, 7) is 4.20. The number of amides is 1. The number of halogens is 1. The third-order valence-electron chi connectivity index (χ3n) is 3.92. The number of carbonyl (C=O) groups is 1. The van der Waals surface area contributed by atoms with Crippen molar-refractivity contribution in [2.24, 2.45) is 5.10 Å². The van der Waals surface area contributed by atoms with Gasteiger partial charge in [0.05, 0.1) is 17.8 Å². The molecule has 1 amide bonds. The quantitative estimate of drug-likeness (QED) is 0.925. The maximum Gasteiger partial charge on any atom is 0.257 e. The van der Waals surface area contributed by atoms with Crippen molar-refractivity contribution in [1.82, 2.24) is 9.99 Å². The van der Waals surface area contributed by atoms with Crippen LogP contribution in [0.4, 0.5) is 0 Å². The van der Waals surface area contributed by atoms with Crippen molar-refractivity contribution >= 4 is 34.1 Å². The first kappa shape index (κ1) is 14.8. The zero-order valence-electron chi connectivity index (χ0n) is 12.4. The fraction of sp³-hybridized carbons (Fsp3) is 0.312. The van der Waals surface area contributed by atoms with E-state index in [9.17, 15) is 9.59 Å². The van der Waals surface area contributed by atoms with E-state index in [1.807, 2.05) is 13.0 Å². The number of H-pyrrole nitrogens is 1. The predicted octanol–water partition coefficient (Wildman–Crippen LogP) is 2.84. The molecule has 0 fully saturated rings. The van der Waals surface area contributed by atoms with Crippen LogP contribution in [0, 0.1) is 6.92 Å². The van der Waals surface area contributed by atoms with Crippen LogP contribution in [0.1, 0.15) is 30.9 Å². The van der Waals surface area contributed by atoms with Gasteiger partial charge in [-0.15, -0.1) is 0 Å². The largest absolute Gasteiger partial charge is 0.321 e. The molecule has 1 aromatic heterocycles. The molecule has 2 heterocycles. The lowest BCUT2D eigenvalue weighted by atomic mass is 10.00. The van der Waals surface area contributed by atoms with Gasteiger partial charge in [-0.25, -0.2) is 5.01 Å². The molecule has 0 unspecified atom stereocenters. The summed E-state index contributed by atoms with van der Waals surface area (Å²) in [6.07, 6.45) is 0.987. The highest BCUT2D eigenvalue weighted by atomic mass is 35.5. The second kappa shape index (κ2) is 5.57. The van der Waals surface area contributed by atoms with Crippen LogP contribution >= 0.6 is 11.6 Å². The van der Waals surface area contributed by atoms with Gasteiger partial charge in [0.15, 0.2) is 0 Å². The fourth-order valence-corrected chi connectivity index (χ4v) is 2.94. The van der Waals surface area contributed by atoms with E-state index in [4.69, 9.17) is 11.6 Å². The summed E-state index contributed by atoms with van der Waals surface area (Å²) in [4.78, 5) is 27.0. The van der Waals surface area contributed by atoms with Crippen LogP contribution in [0.5, 0.6) is 0 Å². The fourth-order valence-electron chi connectivity index (χ4n) is 2.77. The molecular formula is C16H16ClN3O2. The number of hydrogen-bond acceptors (Lipinski definition) is 3. The Balaban J connectivity index is 2.16. The molecular weight excluding hydrogens is 302 g/mol. The van der Waals surface area contributed by atoms with Crippen molar-refractivity contribution in [2.75, 3.05) is 6.54 Å². The number of nitrogens with one attached hydrogen (secondary N) is 1.